The van der Waals surface area contributed by atoms with Crippen LogP contribution in [0.15, 0.2) is 140 Å². The first-order valence-electron chi connectivity index (χ1n) is 13.9. The first-order valence-corrected chi connectivity index (χ1v) is 15.5. The van der Waals surface area contributed by atoms with Gasteiger partial charge in [0.15, 0.2) is 0 Å². The van der Waals surface area contributed by atoms with Gasteiger partial charge in [0.2, 0.25) is 0 Å². The molecule has 0 unspecified atom stereocenters. The minimum atomic E-state index is 1.19. The number of para-hydroxylation sites is 2. The van der Waals surface area contributed by atoms with Crippen molar-refractivity contribution in [1.29, 1.82) is 0 Å². The van der Waals surface area contributed by atoms with Crippen molar-refractivity contribution < 1.29 is 0 Å². The molecule has 0 radical (unpaired) electrons. The van der Waals surface area contributed by atoms with Crippen LogP contribution >= 0.6 is 22.7 Å². The van der Waals surface area contributed by atoms with Gasteiger partial charge in [0.25, 0.3) is 0 Å². The Morgan fingerprint density at radius 1 is 0.439 bits per heavy atom. The third-order valence-corrected chi connectivity index (χ3v) is 10.5. The molecule has 6 aromatic carbocycles. The molecule has 0 aliphatic carbocycles. The Morgan fingerprint density at radius 3 is 1.85 bits per heavy atom. The van der Waals surface area contributed by atoms with E-state index < -0.39 is 0 Å². The average Bonchev–Trinajstić information content (AvgIpc) is 3.70. The minimum absolute atomic E-state index is 1.19. The molecule has 41 heavy (non-hydrogen) atoms. The summed E-state index contributed by atoms with van der Waals surface area (Å²) in [4.78, 5) is 0. The number of benzene rings is 6. The molecule has 9 aromatic rings. The molecular formula is C38H23NS2. The Balaban J connectivity index is 1.33. The van der Waals surface area contributed by atoms with Gasteiger partial charge in [-0.15, -0.1) is 22.7 Å². The summed E-state index contributed by atoms with van der Waals surface area (Å²) >= 11 is 3.78. The van der Waals surface area contributed by atoms with Gasteiger partial charge in [-0.1, -0.05) is 97.1 Å². The maximum absolute atomic E-state index is 2.45. The molecule has 9 rings (SSSR count). The van der Waals surface area contributed by atoms with Crippen molar-refractivity contribution in [3.63, 3.8) is 0 Å². The molecule has 3 heteroatoms. The Kier molecular flexibility index (Phi) is 5.00. The predicted octanol–water partition coefficient (Wildman–Crippen LogP) is 11.7. The number of hydrogen-bond acceptors (Lipinski definition) is 2. The number of fused-ring (bicyclic) bond motifs is 8. The Hall–Kier alpha value is -4.70. The monoisotopic (exact) mass is 557 g/mol. The minimum Gasteiger partial charge on any atom is -0.308 e. The fourth-order valence-corrected chi connectivity index (χ4v) is 8.84. The van der Waals surface area contributed by atoms with E-state index >= 15 is 0 Å². The summed E-state index contributed by atoms with van der Waals surface area (Å²) in [6.45, 7) is 0. The van der Waals surface area contributed by atoms with Crippen molar-refractivity contribution in [2.75, 3.05) is 0 Å². The van der Waals surface area contributed by atoms with E-state index in [-0.39, 0.29) is 0 Å². The fourth-order valence-electron chi connectivity index (χ4n) is 6.46. The highest BCUT2D eigenvalue weighted by atomic mass is 32.1. The van der Waals surface area contributed by atoms with E-state index in [1.54, 1.807) is 0 Å². The van der Waals surface area contributed by atoms with Gasteiger partial charge in [-0.05, 0) is 64.7 Å². The third kappa shape index (κ3) is 3.40. The second-order valence-corrected chi connectivity index (χ2v) is 12.6. The van der Waals surface area contributed by atoms with Crippen LogP contribution in [-0.4, -0.2) is 4.57 Å². The van der Waals surface area contributed by atoms with Crippen LogP contribution in [0.2, 0.25) is 0 Å². The lowest BCUT2D eigenvalue weighted by Gasteiger charge is -2.11. The van der Waals surface area contributed by atoms with Gasteiger partial charge in [0, 0.05) is 41.3 Å². The van der Waals surface area contributed by atoms with E-state index in [4.69, 9.17) is 0 Å². The lowest BCUT2D eigenvalue weighted by Crippen LogP contribution is -1.93. The van der Waals surface area contributed by atoms with Crippen molar-refractivity contribution in [2.45, 2.75) is 0 Å². The molecule has 0 saturated carbocycles. The zero-order chi connectivity index (χ0) is 26.9. The summed E-state index contributed by atoms with van der Waals surface area (Å²) in [5, 5.41) is 5.32. The van der Waals surface area contributed by atoms with Gasteiger partial charge in [-0.25, -0.2) is 0 Å². The smallest absolute Gasteiger partial charge is 0.0734 e. The van der Waals surface area contributed by atoms with E-state index in [9.17, 15) is 0 Å². The summed E-state index contributed by atoms with van der Waals surface area (Å²) < 4.78 is 7.79. The lowest BCUT2D eigenvalue weighted by atomic mass is 9.94. The molecule has 3 heterocycles. The molecule has 0 spiro atoms. The normalized spacial score (nSPS) is 11.9. The number of hydrogen-bond donors (Lipinski definition) is 0. The molecule has 192 valence electrons. The van der Waals surface area contributed by atoms with Crippen molar-refractivity contribution in [1.82, 2.24) is 4.57 Å². The van der Waals surface area contributed by atoms with Crippen LogP contribution in [0.5, 0.6) is 0 Å². The summed E-state index contributed by atoms with van der Waals surface area (Å²) in [5.74, 6) is 0. The van der Waals surface area contributed by atoms with Gasteiger partial charge < -0.3 is 4.57 Å². The third-order valence-electron chi connectivity index (χ3n) is 8.20. The zero-order valence-electron chi connectivity index (χ0n) is 22.0. The molecule has 0 bridgehead atoms. The second kappa shape index (κ2) is 8.90. The van der Waals surface area contributed by atoms with E-state index in [0.717, 1.165) is 0 Å². The second-order valence-electron chi connectivity index (χ2n) is 10.5. The van der Waals surface area contributed by atoms with Gasteiger partial charge in [0.05, 0.1) is 15.7 Å². The van der Waals surface area contributed by atoms with Gasteiger partial charge in [-0.3, -0.25) is 0 Å². The Morgan fingerprint density at radius 2 is 1.05 bits per heavy atom. The van der Waals surface area contributed by atoms with E-state index in [1.807, 2.05) is 22.7 Å². The fraction of sp³-hybridized carbons (Fsp3) is 0. The van der Waals surface area contributed by atoms with Gasteiger partial charge >= 0.3 is 0 Å². The van der Waals surface area contributed by atoms with Crippen molar-refractivity contribution >= 4 is 74.1 Å². The molecular weight excluding hydrogens is 535 g/mol. The first-order chi connectivity index (χ1) is 20.3. The van der Waals surface area contributed by atoms with Crippen LogP contribution in [-0.2, 0) is 0 Å². The molecule has 0 saturated heterocycles. The molecule has 0 amide bonds. The molecule has 0 fully saturated rings. The number of aromatic nitrogens is 1. The van der Waals surface area contributed by atoms with Crippen LogP contribution < -0.4 is 0 Å². The number of nitrogens with zero attached hydrogens (tertiary/aromatic N) is 1. The highest BCUT2D eigenvalue weighted by Gasteiger charge is 2.20. The summed E-state index contributed by atoms with van der Waals surface area (Å²) in [7, 11) is 0. The Bertz CT molecular complexity index is 2420. The van der Waals surface area contributed by atoms with Crippen molar-refractivity contribution in [3.8, 4) is 27.9 Å². The zero-order valence-corrected chi connectivity index (χ0v) is 23.7. The molecule has 0 atom stereocenters. The predicted molar refractivity (Wildman–Crippen MR) is 180 cm³/mol. The van der Waals surface area contributed by atoms with Crippen LogP contribution in [0.25, 0.3) is 79.3 Å². The van der Waals surface area contributed by atoms with Crippen LogP contribution in [0.3, 0.4) is 0 Å². The molecule has 0 N–H and O–H groups in total. The standard InChI is InChI=1S/C38H23NS2/c1-2-13-26(14-3-1)39-31-19-6-4-15-29(31)38-37(39)36-28(18-10-22-34(36)41-38)25-12-8-11-24(23-25)27-17-9-21-33-35(27)30-16-5-7-20-32(30)40-33/h1-23H. The molecule has 0 aliphatic rings. The highest BCUT2D eigenvalue weighted by Crippen LogP contribution is 2.46. The maximum atomic E-state index is 2.45. The van der Waals surface area contributed by atoms with Crippen LogP contribution in [0.1, 0.15) is 0 Å². The van der Waals surface area contributed by atoms with Crippen LogP contribution in [0, 0.1) is 0 Å². The van der Waals surface area contributed by atoms with Gasteiger partial charge in [-0.2, -0.15) is 0 Å². The number of rotatable bonds is 3. The topological polar surface area (TPSA) is 4.93 Å². The average molecular weight is 558 g/mol. The van der Waals surface area contributed by atoms with Crippen molar-refractivity contribution in [3.05, 3.63) is 140 Å². The SMILES string of the molecule is c1ccc(-n2c3ccccc3c3sc4cccc(-c5cccc(-c6cccc7sc8ccccc8c67)c5)c4c32)cc1. The lowest BCUT2D eigenvalue weighted by molar-refractivity contribution is 1.19. The summed E-state index contributed by atoms with van der Waals surface area (Å²) in [6.07, 6.45) is 0. The number of thiophene rings is 2. The van der Waals surface area contributed by atoms with E-state index in [1.165, 1.54) is 79.3 Å². The van der Waals surface area contributed by atoms with Gasteiger partial charge in [0.1, 0.15) is 0 Å². The van der Waals surface area contributed by atoms with E-state index in [0.29, 0.717) is 0 Å². The maximum Gasteiger partial charge on any atom is 0.0734 e. The molecule has 1 nitrogen and oxygen atoms in total. The first kappa shape index (κ1) is 23.0. The Labute approximate surface area is 245 Å². The largest absolute Gasteiger partial charge is 0.308 e. The quantitative estimate of drug-likeness (QED) is 0.204. The van der Waals surface area contributed by atoms with Crippen LogP contribution in [0.4, 0.5) is 0 Å². The molecule has 0 aliphatic heterocycles. The summed E-state index contributed by atoms with van der Waals surface area (Å²) in [6, 6.07) is 51.0. The van der Waals surface area contributed by atoms with E-state index in [2.05, 4.69) is 144 Å². The molecule has 3 aromatic heterocycles. The van der Waals surface area contributed by atoms with Crippen molar-refractivity contribution in [2.24, 2.45) is 0 Å². The highest BCUT2D eigenvalue weighted by molar-refractivity contribution is 7.27. The summed E-state index contributed by atoms with van der Waals surface area (Å²) in [5.41, 5.74) is 8.81.